The second-order valence-electron chi connectivity index (χ2n) is 1.98. The summed E-state index contributed by atoms with van der Waals surface area (Å²) in [7, 11) is 1.29. The van der Waals surface area contributed by atoms with Gasteiger partial charge in [-0.2, -0.15) is 0 Å². The van der Waals surface area contributed by atoms with Crippen LogP contribution in [0, 0.1) is 9.28 Å². The minimum absolute atomic E-state index is 0.260. The Bertz CT molecular complexity index is 406. The van der Waals surface area contributed by atoms with Gasteiger partial charge in [-0.3, -0.25) is 0 Å². The highest BCUT2D eigenvalue weighted by Gasteiger charge is 2.04. The van der Waals surface area contributed by atoms with Gasteiger partial charge in [0.1, 0.15) is 15.0 Å². The first kappa shape index (κ1) is 9.08. The summed E-state index contributed by atoms with van der Waals surface area (Å²) >= 11 is 9.60. The van der Waals surface area contributed by atoms with E-state index in [1.165, 1.54) is 13.3 Å². The number of hydrogen-bond acceptors (Lipinski definition) is 4. The van der Waals surface area contributed by atoms with Crippen LogP contribution in [0.2, 0.25) is 0 Å². The van der Waals surface area contributed by atoms with E-state index in [-0.39, 0.29) is 5.69 Å². The predicted molar refractivity (Wildman–Crippen MR) is 48.2 cm³/mol. The third-order valence-electron chi connectivity index (χ3n) is 1.21. The highest BCUT2D eigenvalue weighted by Crippen LogP contribution is 1.95. The molecule has 4 nitrogen and oxygen atoms in total. The molecule has 1 rings (SSSR count). The molecule has 0 saturated carbocycles. The second kappa shape index (κ2) is 3.59. The van der Waals surface area contributed by atoms with E-state index in [9.17, 15) is 4.79 Å². The molecule has 6 heteroatoms. The molecule has 1 aromatic rings. The Labute approximate surface area is 78.6 Å². The van der Waals surface area contributed by atoms with Crippen LogP contribution in [0.4, 0.5) is 0 Å². The Kier molecular flexibility index (Phi) is 2.72. The smallest absolute Gasteiger partial charge is 0.356 e. The fourth-order valence-electron chi connectivity index (χ4n) is 0.638. The average molecular weight is 202 g/mol. The molecule has 0 unspecified atom stereocenters. The van der Waals surface area contributed by atoms with E-state index in [1.807, 2.05) is 0 Å². The van der Waals surface area contributed by atoms with Gasteiger partial charge in [-0.25, -0.2) is 4.79 Å². The fraction of sp³-hybridized carbons (Fsp3) is 0.167. The number of rotatable bonds is 1. The van der Waals surface area contributed by atoms with Crippen LogP contribution in [0.25, 0.3) is 0 Å². The van der Waals surface area contributed by atoms with Crippen molar-refractivity contribution in [1.29, 1.82) is 0 Å². The van der Waals surface area contributed by atoms with E-state index in [1.54, 1.807) is 0 Å². The van der Waals surface area contributed by atoms with Crippen molar-refractivity contribution in [2.75, 3.05) is 7.11 Å². The first-order valence-corrected chi connectivity index (χ1v) is 3.87. The second-order valence-corrected chi connectivity index (χ2v) is 2.79. The van der Waals surface area contributed by atoms with Gasteiger partial charge >= 0.3 is 5.97 Å². The highest BCUT2D eigenvalue weighted by molar-refractivity contribution is 7.73. The number of carbonyl (C=O) groups is 1. The summed E-state index contributed by atoms with van der Waals surface area (Å²) in [5.41, 5.74) is 0.260. The van der Waals surface area contributed by atoms with Crippen LogP contribution >= 0.6 is 24.4 Å². The molecule has 0 amide bonds. The van der Waals surface area contributed by atoms with E-state index >= 15 is 0 Å². The zero-order chi connectivity index (χ0) is 9.14. The first-order chi connectivity index (χ1) is 5.65. The van der Waals surface area contributed by atoms with Crippen LogP contribution in [-0.2, 0) is 4.74 Å². The number of hydrogen-bond donors (Lipinski definition) is 2. The van der Waals surface area contributed by atoms with Gasteiger partial charge < -0.3 is 14.7 Å². The molecule has 12 heavy (non-hydrogen) atoms. The summed E-state index contributed by atoms with van der Waals surface area (Å²) in [6.07, 6.45) is 1.42. The van der Waals surface area contributed by atoms with E-state index in [2.05, 4.69) is 14.7 Å². The monoisotopic (exact) mass is 202 g/mol. The van der Waals surface area contributed by atoms with E-state index in [4.69, 9.17) is 24.4 Å². The molecular formula is C6H6N2O2S2. The molecule has 0 radical (unpaired) electrons. The number of aromatic amines is 2. The van der Waals surface area contributed by atoms with Crippen molar-refractivity contribution in [2.24, 2.45) is 0 Å². The molecule has 0 aliphatic rings. The fourth-order valence-corrected chi connectivity index (χ4v) is 0.917. The average Bonchev–Trinajstić information content (AvgIpc) is 2.08. The van der Waals surface area contributed by atoms with Gasteiger partial charge in [0.05, 0.1) is 7.11 Å². The van der Waals surface area contributed by atoms with Gasteiger partial charge in [0.15, 0.2) is 0 Å². The zero-order valence-electron chi connectivity index (χ0n) is 6.21. The van der Waals surface area contributed by atoms with Gasteiger partial charge in [-0.1, -0.05) is 24.4 Å². The number of nitrogens with one attached hydrogen (secondary N) is 2. The van der Waals surface area contributed by atoms with Crippen molar-refractivity contribution in [3.63, 3.8) is 0 Å². The molecule has 1 aromatic heterocycles. The van der Waals surface area contributed by atoms with Gasteiger partial charge in [-0.05, 0) is 0 Å². The van der Waals surface area contributed by atoms with Gasteiger partial charge in [-0.15, -0.1) is 0 Å². The van der Waals surface area contributed by atoms with Crippen molar-refractivity contribution in [1.82, 2.24) is 9.97 Å². The number of ether oxygens (including phenoxy) is 1. The van der Waals surface area contributed by atoms with Crippen LogP contribution in [-0.4, -0.2) is 23.0 Å². The lowest BCUT2D eigenvalue weighted by atomic mass is 10.5. The number of aromatic nitrogens is 2. The largest absolute Gasteiger partial charge is 0.464 e. The third-order valence-corrected chi connectivity index (χ3v) is 1.96. The Morgan fingerprint density at radius 3 is 2.67 bits per heavy atom. The number of methoxy groups -OCH3 is 1. The van der Waals surface area contributed by atoms with Crippen molar-refractivity contribution >= 4 is 30.4 Å². The Morgan fingerprint density at radius 2 is 2.17 bits per heavy atom. The van der Waals surface area contributed by atoms with Gasteiger partial charge in [0, 0.05) is 6.20 Å². The van der Waals surface area contributed by atoms with Crippen LogP contribution < -0.4 is 0 Å². The third kappa shape index (κ3) is 1.77. The summed E-state index contributed by atoms with van der Waals surface area (Å²) in [6.45, 7) is 0. The quantitative estimate of drug-likeness (QED) is 0.536. The minimum atomic E-state index is -0.479. The molecule has 0 aromatic carbocycles. The molecule has 64 valence electrons. The van der Waals surface area contributed by atoms with Crippen LogP contribution in [0.15, 0.2) is 6.20 Å². The van der Waals surface area contributed by atoms with Crippen molar-refractivity contribution in [3.8, 4) is 0 Å². The van der Waals surface area contributed by atoms with Crippen LogP contribution in [0.1, 0.15) is 10.5 Å². The summed E-state index contributed by atoms with van der Waals surface area (Å²) in [5.74, 6) is -0.479. The standard InChI is InChI=1S/C6H6N2O2S2/c1-10-6(9)3-2-7-4(11)5(12)8-3/h2H,1H3,(H,7,11)(H,8,12). The maximum Gasteiger partial charge on any atom is 0.356 e. The predicted octanol–water partition coefficient (Wildman–Crippen LogP) is 1.59. The zero-order valence-corrected chi connectivity index (χ0v) is 7.84. The molecule has 1 heterocycles. The van der Waals surface area contributed by atoms with Crippen molar-refractivity contribution < 1.29 is 9.53 Å². The molecule has 0 fully saturated rings. The van der Waals surface area contributed by atoms with E-state index in [0.29, 0.717) is 9.28 Å². The lowest BCUT2D eigenvalue weighted by Gasteiger charge is -1.97. The molecule has 0 atom stereocenters. The number of carbonyl (C=O) groups excluding carboxylic acids is 1. The van der Waals surface area contributed by atoms with Crippen LogP contribution in [0.5, 0.6) is 0 Å². The summed E-state index contributed by atoms with van der Waals surface area (Å²) in [6, 6.07) is 0. The molecule has 0 aliphatic carbocycles. The van der Waals surface area contributed by atoms with E-state index < -0.39 is 5.97 Å². The molecule has 0 spiro atoms. The number of esters is 1. The van der Waals surface area contributed by atoms with Crippen molar-refractivity contribution in [2.45, 2.75) is 0 Å². The van der Waals surface area contributed by atoms with Crippen LogP contribution in [0.3, 0.4) is 0 Å². The topological polar surface area (TPSA) is 57.9 Å². The lowest BCUT2D eigenvalue weighted by Crippen LogP contribution is -2.04. The Hall–Kier alpha value is -1.01. The maximum absolute atomic E-state index is 10.9. The summed E-state index contributed by atoms with van der Waals surface area (Å²) < 4.78 is 5.19. The lowest BCUT2D eigenvalue weighted by molar-refractivity contribution is 0.0593. The first-order valence-electron chi connectivity index (χ1n) is 3.05. The molecule has 0 bridgehead atoms. The van der Waals surface area contributed by atoms with Gasteiger partial charge in [0.25, 0.3) is 0 Å². The normalized spacial score (nSPS) is 9.42. The minimum Gasteiger partial charge on any atom is -0.464 e. The SMILES string of the molecule is COC(=O)c1c[nH]c(=S)c(=S)[nH]1. The van der Waals surface area contributed by atoms with Crippen molar-refractivity contribution in [3.05, 3.63) is 21.2 Å². The molecule has 0 aliphatic heterocycles. The highest BCUT2D eigenvalue weighted by atomic mass is 32.1. The molecular weight excluding hydrogens is 196 g/mol. The van der Waals surface area contributed by atoms with Gasteiger partial charge in [0.2, 0.25) is 0 Å². The maximum atomic E-state index is 10.9. The Morgan fingerprint density at radius 1 is 1.50 bits per heavy atom. The summed E-state index contributed by atoms with van der Waals surface area (Å²) in [4.78, 5) is 16.2. The molecule has 0 saturated heterocycles. The van der Waals surface area contributed by atoms with E-state index in [0.717, 1.165) is 0 Å². The Balaban J connectivity index is 3.23. The number of H-pyrrole nitrogens is 2. The summed E-state index contributed by atoms with van der Waals surface area (Å²) in [5, 5.41) is 0. The molecule has 2 N–H and O–H groups in total.